The van der Waals surface area contributed by atoms with E-state index in [-0.39, 0.29) is 12.4 Å². The smallest absolute Gasteiger partial charge is 0.197 e. The molecule has 0 unspecified atom stereocenters. The number of carbonyl (C=O) groups excluding carboxylic acids is 1. The fourth-order valence-corrected chi connectivity index (χ4v) is 1.79. The lowest BCUT2D eigenvalue weighted by molar-refractivity contribution is 0.0924. The molecule has 0 aromatic heterocycles. The topological polar surface area (TPSA) is 43.4 Å². The van der Waals surface area contributed by atoms with Crippen LogP contribution in [0.15, 0.2) is 28.7 Å². The standard InChI is InChI=1S/C10H12BrO3P/c1-15(2,13)14-7-10(12)8-4-3-5-9(11)6-8/h3-6H,7H2,1-2H3. The van der Waals surface area contributed by atoms with Crippen molar-refractivity contribution in [3.8, 4) is 0 Å². The second kappa shape index (κ2) is 5.06. The van der Waals surface area contributed by atoms with E-state index in [4.69, 9.17) is 4.52 Å². The van der Waals surface area contributed by atoms with Gasteiger partial charge < -0.3 is 4.52 Å². The summed E-state index contributed by atoms with van der Waals surface area (Å²) in [6.07, 6.45) is 0. The van der Waals surface area contributed by atoms with E-state index in [0.29, 0.717) is 5.56 Å². The van der Waals surface area contributed by atoms with Gasteiger partial charge in [-0.15, -0.1) is 0 Å². The third kappa shape index (κ3) is 4.74. The second-order valence-corrected chi connectivity index (χ2v) is 7.14. The summed E-state index contributed by atoms with van der Waals surface area (Å²) in [4.78, 5) is 11.6. The van der Waals surface area contributed by atoms with E-state index in [1.165, 1.54) is 13.3 Å². The maximum absolute atomic E-state index is 11.6. The first kappa shape index (κ1) is 12.6. The average molecular weight is 291 g/mol. The fraction of sp³-hybridized carbons (Fsp3) is 0.300. The molecule has 0 aliphatic heterocycles. The van der Waals surface area contributed by atoms with Crippen molar-refractivity contribution >= 4 is 29.1 Å². The summed E-state index contributed by atoms with van der Waals surface area (Å²) < 4.78 is 17.0. The molecular formula is C10H12BrO3P. The summed E-state index contributed by atoms with van der Waals surface area (Å²) in [5.41, 5.74) is 0.554. The van der Waals surface area contributed by atoms with Gasteiger partial charge in [0, 0.05) is 23.4 Å². The molecule has 0 aliphatic carbocycles. The molecule has 0 spiro atoms. The molecule has 1 rings (SSSR count). The van der Waals surface area contributed by atoms with E-state index < -0.39 is 7.37 Å². The largest absolute Gasteiger partial charge is 0.320 e. The zero-order valence-corrected chi connectivity index (χ0v) is 11.0. The van der Waals surface area contributed by atoms with Gasteiger partial charge in [0.25, 0.3) is 0 Å². The number of Topliss-reactive ketones (excluding diaryl/α,β-unsaturated/α-hetero) is 1. The van der Waals surface area contributed by atoms with Crippen LogP contribution in [0.3, 0.4) is 0 Å². The molecule has 0 heterocycles. The lowest BCUT2D eigenvalue weighted by Gasteiger charge is -2.07. The van der Waals surface area contributed by atoms with E-state index in [0.717, 1.165) is 4.47 Å². The van der Waals surface area contributed by atoms with E-state index in [1.807, 2.05) is 6.07 Å². The number of ketones is 1. The van der Waals surface area contributed by atoms with Gasteiger partial charge in [-0.1, -0.05) is 28.1 Å². The highest BCUT2D eigenvalue weighted by atomic mass is 79.9. The number of hydrogen-bond donors (Lipinski definition) is 0. The molecule has 0 radical (unpaired) electrons. The van der Waals surface area contributed by atoms with Crippen LogP contribution in [0.4, 0.5) is 0 Å². The lowest BCUT2D eigenvalue weighted by Crippen LogP contribution is -2.07. The van der Waals surface area contributed by atoms with Crippen molar-refractivity contribution in [3.05, 3.63) is 34.3 Å². The zero-order chi connectivity index (χ0) is 11.5. The van der Waals surface area contributed by atoms with Crippen molar-refractivity contribution in [2.45, 2.75) is 0 Å². The van der Waals surface area contributed by atoms with Crippen LogP contribution in [-0.4, -0.2) is 25.7 Å². The Morgan fingerprint density at radius 1 is 1.47 bits per heavy atom. The first-order valence-corrected chi connectivity index (χ1v) is 7.68. The molecule has 0 atom stereocenters. The third-order valence-corrected chi connectivity index (χ3v) is 2.90. The van der Waals surface area contributed by atoms with Crippen molar-refractivity contribution in [2.75, 3.05) is 19.9 Å². The monoisotopic (exact) mass is 290 g/mol. The number of hydrogen-bond acceptors (Lipinski definition) is 3. The van der Waals surface area contributed by atoms with Gasteiger partial charge in [0.05, 0.1) is 0 Å². The molecule has 5 heteroatoms. The molecule has 0 fully saturated rings. The molecule has 0 amide bonds. The average Bonchev–Trinajstić information content (AvgIpc) is 2.13. The van der Waals surface area contributed by atoms with Crippen molar-refractivity contribution in [2.24, 2.45) is 0 Å². The van der Waals surface area contributed by atoms with Crippen LogP contribution in [0.1, 0.15) is 10.4 Å². The maximum Gasteiger partial charge on any atom is 0.197 e. The SMILES string of the molecule is CP(C)(=O)OCC(=O)c1cccc(Br)c1. The number of carbonyl (C=O) groups is 1. The highest BCUT2D eigenvalue weighted by Gasteiger charge is 2.12. The summed E-state index contributed by atoms with van der Waals surface area (Å²) >= 11 is 3.27. The Balaban J connectivity index is 2.66. The van der Waals surface area contributed by atoms with E-state index in [2.05, 4.69) is 15.9 Å². The molecule has 0 bridgehead atoms. The summed E-state index contributed by atoms with van der Waals surface area (Å²) in [5, 5.41) is 0. The van der Waals surface area contributed by atoms with Crippen LogP contribution < -0.4 is 0 Å². The third-order valence-electron chi connectivity index (χ3n) is 1.65. The Kier molecular flexibility index (Phi) is 4.26. The van der Waals surface area contributed by atoms with E-state index in [1.54, 1.807) is 18.2 Å². The Hall–Kier alpha value is -0.440. The predicted molar refractivity (Wildman–Crippen MR) is 63.9 cm³/mol. The molecular weight excluding hydrogens is 279 g/mol. The molecule has 0 saturated carbocycles. The molecule has 0 N–H and O–H groups in total. The number of halogens is 1. The minimum absolute atomic E-state index is 0.138. The second-order valence-electron chi connectivity index (χ2n) is 3.46. The highest BCUT2D eigenvalue weighted by molar-refractivity contribution is 9.10. The lowest BCUT2D eigenvalue weighted by atomic mass is 10.1. The predicted octanol–water partition coefficient (Wildman–Crippen LogP) is 3.19. The Morgan fingerprint density at radius 2 is 2.13 bits per heavy atom. The van der Waals surface area contributed by atoms with Crippen LogP contribution in [0.5, 0.6) is 0 Å². The maximum atomic E-state index is 11.6. The Bertz CT molecular complexity index is 411. The summed E-state index contributed by atoms with van der Waals surface area (Å²) in [5.74, 6) is -0.166. The quantitative estimate of drug-likeness (QED) is 0.632. The van der Waals surface area contributed by atoms with Gasteiger partial charge in [0.15, 0.2) is 13.2 Å². The van der Waals surface area contributed by atoms with Gasteiger partial charge in [0.2, 0.25) is 0 Å². The Morgan fingerprint density at radius 3 is 2.67 bits per heavy atom. The molecule has 0 aliphatic rings. The van der Waals surface area contributed by atoms with Gasteiger partial charge >= 0.3 is 0 Å². The molecule has 1 aromatic rings. The minimum Gasteiger partial charge on any atom is -0.320 e. The molecule has 0 saturated heterocycles. The normalized spacial score (nSPS) is 11.4. The van der Waals surface area contributed by atoms with Crippen LogP contribution in [0.2, 0.25) is 0 Å². The van der Waals surface area contributed by atoms with Crippen molar-refractivity contribution in [1.29, 1.82) is 0 Å². The fourth-order valence-electron chi connectivity index (χ4n) is 0.959. The van der Waals surface area contributed by atoms with Crippen LogP contribution in [0.25, 0.3) is 0 Å². The summed E-state index contributed by atoms with van der Waals surface area (Å²) in [7, 11) is -2.58. The van der Waals surface area contributed by atoms with Crippen LogP contribution >= 0.6 is 23.3 Å². The van der Waals surface area contributed by atoms with Gasteiger partial charge in [-0.2, -0.15) is 0 Å². The van der Waals surface area contributed by atoms with Gasteiger partial charge in [-0.3, -0.25) is 9.36 Å². The van der Waals surface area contributed by atoms with E-state index >= 15 is 0 Å². The molecule has 15 heavy (non-hydrogen) atoms. The zero-order valence-electron chi connectivity index (χ0n) is 8.57. The first-order chi connectivity index (χ1) is 6.88. The number of rotatable bonds is 4. The first-order valence-electron chi connectivity index (χ1n) is 4.37. The molecule has 82 valence electrons. The number of benzene rings is 1. The van der Waals surface area contributed by atoms with Crippen LogP contribution in [0, 0.1) is 0 Å². The van der Waals surface area contributed by atoms with Crippen molar-refractivity contribution in [1.82, 2.24) is 0 Å². The van der Waals surface area contributed by atoms with Gasteiger partial charge in [-0.05, 0) is 12.1 Å². The summed E-state index contributed by atoms with van der Waals surface area (Å²) in [6, 6.07) is 7.02. The summed E-state index contributed by atoms with van der Waals surface area (Å²) in [6.45, 7) is 2.84. The van der Waals surface area contributed by atoms with Crippen LogP contribution in [-0.2, 0) is 9.09 Å². The molecule has 3 nitrogen and oxygen atoms in total. The van der Waals surface area contributed by atoms with Crippen molar-refractivity contribution in [3.63, 3.8) is 0 Å². The minimum atomic E-state index is -2.58. The van der Waals surface area contributed by atoms with Gasteiger partial charge in [-0.25, -0.2) is 0 Å². The van der Waals surface area contributed by atoms with E-state index in [9.17, 15) is 9.36 Å². The van der Waals surface area contributed by atoms with Gasteiger partial charge in [0.1, 0.15) is 6.61 Å². The van der Waals surface area contributed by atoms with Crippen molar-refractivity contribution < 1.29 is 13.9 Å². The highest BCUT2D eigenvalue weighted by Crippen LogP contribution is 2.37. The molecule has 1 aromatic carbocycles. The Labute approximate surface area is 97.4 Å².